The lowest BCUT2D eigenvalue weighted by Crippen LogP contribution is -1.99. The van der Waals surface area contributed by atoms with Crippen molar-refractivity contribution in [3.8, 4) is 11.3 Å². The van der Waals surface area contributed by atoms with Crippen molar-refractivity contribution < 1.29 is 18.7 Å². The number of fused-ring (bicyclic) bond motifs is 1. The summed E-state index contributed by atoms with van der Waals surface area (Å²) in [6, 6.07) is 11.0. The quantitative estimate of drug-likeness (QED) is 0.757. The lowest BCUT2D eigenvalue weighted by molar-refractivity contribution is 0.0697. The Morgan fingerprint density at radius 2 is 1.95 bits per heavy atom. The number of hydrogen-bond donors (Lipinski definition) is 1. The van der Waals surface area contributed by atoms with Crippen LogP contribution in [0.3, 0.4) is 0 Å². The van der Waals surface area contributed by atoms with E-state index in [1.54, 1.807) is 18.2 Å². The van der Waals surface area contributed by atoms with Gasteiger partial charge in [0.2, 0.25) is 0 Å². The van der Waals surface area contributed by atoms with E-state index in [1.807, 2.05) is 13.0 Å². The van der Waals surface area contributed by atoms with Gasteiger partial charge in [-0.1, -0.05) is 17.7 Å². The van der Waals surface area contributed by atoms with Crippen molar-refractivity contribution in [2.24, 2.45) is 0 Å². The van der Waals surface area contributed by atoms with Gasteiger partial charge in [-0.05, 0) is 37.3 Å². The van der Waals surface area contributed by atoms with Gasteiger partial charge in [-0.15, -0.1) is 0 Å². The molecule has 20 heavy (non-hydrogen) atoms. The van der Waals surface area contributed by atoms with E-state index in [9.17, 15) is 14.3 Å². The number of aromatic carboxylic acids is 1. The summed E-state index contributed by atoms with van der Waals surface area (Å²) in [5.41, 5.74) is 2.04. The molecule has 3 rings (SSSR count). The van der Waals surface area contributed by atoms with Gasteiger partial charge in [-0.25, -0.2) is 9.18 Å². The van der Waals surface area contributed by atoms with Crippen molar-refractivity contribution in [1.82, 2.24) is 0 Å². The van der Waals surface area contributed by atoms with Crippen LogP contribution in [0.2, 0.25) is 0 Å². The summed E-state index contributed by atoms with van der Waals surface area (Å²) in [6.45, 7) is 1.82. The van der Waals surface area contributed by atoms with Crippen LogP contribution in [0, 0.1) is 12.7 Å². The molecular weight excluding hydrogens is 259 g/mol. The van der Waals surface area contributed by atoms with Crippen molar-refractivity contribution >= 4 is 16.9 Å². The molecule has 0 saturated heterocycles. The van der Waals surface area contributed by atoms with E-state index >= 15 is 0 Å². The molecule has 0 aliphatic rings. The summed E-state index contributed by atoms with van der Waals surface area (Å²) in [5, 5.41) is 9.88. The fraction of sp³-hybridized carbons (Fsp3) is 0.0625. The molecule has 100 valence electrons. The third-order valence-corrected chi connectivity index (χ3v) is 3.15. The lowest BCUT2D eigenvalue weighted by atomic mass is 10.0. The summed E-state index contributed by atoms with van der Waals surface area (Å²) < 4.78 is 18.8. The first kappa shape index (κ1) is 12.4. The van der Waals surface area contributed by atoms with E-state index in [0.29, 0.717) is 22.3 Å². The fourth-order valence-electron chi connectivity index (χ4n) is 2.20. The van der Waals surface area contributed by atoms with Crippen LogP contribution in [-0.2, 0) is 0 Å². The van der Waals surface area contributed by atoms with Gasteiger partial charge in [-0.3, -0.25) is 0 Å². The molecule has 3 aromatic rings. The first-order chi connectivity index (χ1) is 9.54. The molecule has 2 aromatic carbocycles. The molecule has 0 unspecified atom stereocenters. The largest absolute Gasteiger partial charge is 0.478 e. The Labute approximate surface area is 114 Å². The molecule has 0 bridgehead atoms. The molecule has 1 aromatic heterocycles. The zero-order valence-electron chi connectivity index (χ0n) is 10.7. The number of carboxylic acids is 1. The third kappa shape index (κ3) is 2.05. The zero-order valence-corrected chi connectivity index (χ0v) is 10.7. The molecule has 0 radical (unpaired) electrons. The Morgan fingerprint density at radius 3 is 2.70 bits per heavy atom. The van der Waals surface area contributed by atoms with Crippen LogP contribution >= 0.6 is 0 Å². The molecule has 0 amide bonds. The minimum atomic E-state index is -1.02. The Kier molecular flexibility index (Phi) is 2.79. The topological polar surface area (TPSA) is 50.4 Å². The molecular formula is C16H11FO3. The number of carboxylic acid groups (broad SMARTS) is 1. The standard InChI is InChI=1S/C16H11FO3/c1-9-2-4-12(13(6-9)16(18)19)15-8-10-7-11(17)3-5-14(10)20-15/h2-8H,1H3,(H,18,19). The average Bonchev–Trinajstić information content (AvgIpc) is 2.81. The van der Waals surface area contributed by atoms with Crippen molar-refractivity contribution in [2.45, 2.75) is 6.92 Å². The Bertz CT molecular complexity index is 818. The summed E-state index contributed by atoms with van der Waals surface area (Å²) in [6.07, 6.45) is 0. The van der Waals surface area contributed by atoms with Gasteiger partial charge in [0.05, 0.1) is 5.56 Å². The minimum absolute atomic E-state index is 0.171. The van der Waals surface area contributed by atoms with Crippen molar-refractivity contribution in [2.75, 3.05) is 0 Å². The summed E-state index contributed by atoms with van der Waals surface area (Å²) in [5.74, 6) is -0.953. The van der Waals surface area contributed by atoms with Crippen molar-refractivity contribution in [1.29, 1.82) is 0 Å². The summed E-state index contributed by atoms with van der Waals surface area (Å²) in [4.78, 5) is 11.3. The predicted octanol–water partition coefficient (Wildman–Crippen LogP) is 4.25. The SMILES string of the molecule is Cc1ccc(-c2cc3cc(F)ccc3o2)c(C(=O)O)c1. The van der Waals surface area contributed by atoms with Gasteiger partial charge >= 0.3 is 5.97 Å². The van der Waals surface area contributed by atoms with E-state index in [-0.39, 0.29) is 11.4 Å². The molecule has 0 fully saturated rings. The molecule has 4 heteroatoms. The molecule has 0 saturated carbocycles. The molecule has 3 nitrogen and oxygen atoms in total. The van der Waals surface area contributed by atoms with Gasteiger partial charge in [0.1, 0.15) is 17.2 Å². The van der Waals surface area contributed by atoms with E-state index in [4.69, 9.17) is 4.42 Å². The molecule has 1 N–H and O–H groups in total. The van der Waals surface area contributed by atoms with E-state index in [2.05, 4.69) is 0 Å². The molecule has 1 heterocycles. The van der Waals surface area contributed by atoms with Gasteiger partial charge < -0.3 is 9.52 Å². The zero-order chi connectivity index (χ0) is 14.3. The predicted molar refractivity (Wildman–Crippen MR) is 73.3 cm³/mol. The van der Waals surface area contributed by atoms with Gasteiger partial charge in [0.15, 0.2) is 0 Å². The van der Waals surface area contributed by atoms with Gasteiger partial charge in [0.25, 0.3) is 0 Å². The van der Waals surface area contributed by atoms with Crippen LogP contribution in [0.15, 0.2) is 46.9 Å². The average molecular weight is 270 g/mol. The summed E-state index contributed by atoms with van der Waals surface area (Å²) in [7, 11) is 0. The maximum atomic E-state index is 13.2. The number of aryl methyl sites for hydroxylation is 1. The van der Waals surface area contributed by atoms with Gasteiger partial charge in [0, 0.05) is 10.9 Å². The normalized spacial score (nSPS) is 10.9. The molecule has 0 atom stereocenters. The lowest BCUT2D eigenvalue weighted by Gasteiger charge is -2.04. The first-order valence-corrected chi connectivity index (χ1v) is 6.08. The number of halogens is 1. The fourth-order valence-corrected chi connectivity index (χ4v) is 2.20. The number of hydrogen-bond acceptors (Lipinski definition) is 2. The number of furan rings is 1. The highest BCUT2D eigenvalue weighted by Gasteiger charge is 2.15. The van der Waals surface area contributed by atoms with E-state index < -0.39 is 5.97 Å². The second-order valence-corrected chi connectivity index (χ2v) is 4.65. The van der Waals surface area contributed by atoms with Crippen LogP contribution in [0.25, 0.3) is 22.3 Å². The molecule has 0 aliphatic carbocycles. The second-order valence-electron chi connectivity index (χ2n) is 4.65. The highest BCUT2D eigenvalue weighted by atomic mass is 19.1. The van der Waals surface area contributed by atoms with Crippen LogP contribution in [-0.4, -0.2) is 11.1 Å². The summed E-state index contributed by atoms with van der Waals surface area (Å²) >= 11 is 0. The molecule has 0 aliphatic heterocycles. The maximum Gasteiger partial charge on any atom is 0.336 e. The van der Waals surface area contributed by atoms with Gasteiger partial charge in [-0.2, -0.15) is 0 Å². The second kappa shape index (κ2) is 4.49. The Morgan fingerprint density at radius 1 is 1.15 bits per heavy atom. The van der Waals surface area contributed by atoms with Crippen LogP contribution in [0.5, 0.6) is 0 Å². The first-order valence-electron chi connectivity index (χ1n) is 6.08. The van der Waals surface area contributed by atoms with Crippen molar-refractivity contribution in [3.05, 3.63) is 59.4 Å². The number of carbonyl (C=O) groups is 1. The van der Waals surface area contributed by atoms with E-state index in [0.717, 1.165) is 5.56 Å². The number of rotatable bonds is 2. The third-order valence-electron chi connectivity index (χ3n) is 3.15. The van der Waals surface area contributed by atoms with Crippen LogP contribution in [0.4, 0.5) is 4.39 Å². The highest BCUT2D eigenvalue weighted by molar-refractivity contribution is 5.96. The minimum Gasteiger partial charge on any atom is -0.478 e. The van der Waals surface area contributed by atoms with Crippen LogP contribution < -0.4 is 0 Å². The van der Waals surface area contributed by atoms with Crippen LogP contribution in [0.1, 0.15) is 15.9 Å². The maximum absolute atomic E-state index is 13.2. The highest BCUT2D eigenvalue weighted by Crippen LogP contribution is 2.31. The smallest absolute Gasteiger partial charge is 0.336 e. The molecule has 0 spiro atoms. The monoisotopic (exact) mass is 270 g/mol. The van der Waals surface area contributed by atoms with Crippen molar-refractivity contribution in [3.63, 3.8) is 0 Å². The Hall–Kier alpha value is -2.62. The Balaban J connectivity index is 2.22. The van der Waals surface area contributed by atoms with E-state index in [1.165, 1.54) is 18.2 Å². The number of benzene rings is 2.